The molecule has 0 aliphatic carbocycles. The number of rotatable bonds is 3. The van der Waals surface area contributed by atoms with Crippen LogP contribution < -0.4 is 0 Å². The van der Waals surface area contributed by atoms with E-state index in [2.05, 4.69) is 19.9 Å². The Morgan fingerprint density at radius 3 is 1.59 bits per heavy atom. The number of nitrogens with one attached hydrogen (secondary N) is 2. The number of aryl methyl sites for hydroxylation is 1. The van der Waals surface area contributed by atoms with E-state index < -0.39 is 17.6 Å². The standard InChI is InChI=1S/C28H17F5N4/c1-14-10-17(2-6-20(14)29)26-34-22-8-4-15(12-24(22)36-26)16-5-9-23-25(13-16)37-27(35-23)18-3-7-21(30)19(11-18)28(31,32)33/h2-13H,1H3,(H,34,36)(H,35,37). The number of alkyl halides is 3. The minimum absolute atomic E-state index is 0.133. The zero-order valence-corrected chi connectivity index (χ0v) is 19.2. The molecule has 0 aliphatic rings. The molecule has 0 fully saturated rings. The lowest BCUT2D eigenvalue weighted by molar-refractivity contribution is -0.139. The molecule has 2 heterocycles. The minimum atomic E-state index is -4.81. The van der Waals surface area contributed by atoms with Gasteiger partial charge >= 0.3 is 6.18 Å². The molecule has 0 saturated carbocycles. The second kappa shape index (κ2) is 8.26. The smallest absolute Gasteiger partial charge is 0.338 e. The number of H-pyrrole nitrogens is 2. The third-order valence-electron chi connectivity index (χ3n) is 6.27. The summed E-state index contributed by atoms with van der Waals surface area (Å²) < 4.78 is 66.8. The topological polar surface area (TPSA) is 57.4 Å². The highest BCUT2D eigenvalue weighted by Gasteiger charge is 2.34. The average molecular weight is 504 g/mol. The normalized spacial score (nSPS) is 12.1. The molecule has 6 aromatic rings. The van der Waals surface area contributed by atoms with Crippen LogP contribution in [0.1, 0.15) is 11.1 Å². The van der Waals surface area contributed by atoms with Crippen molar-refractivity contribution in [1.82, 2.24) is 19.9 Å². The van der Waals surface area contributed by atoms with E-state index in [1.54, 1.807) is 25.1 Å². The third-order valence-corrected chi connectivity index (χ3v) is 6.27. The van der Waals surface area contributed by atoms with Gasteiger partial charge in [-0.05, 0) is 84.3 Å². The lowest BCUT2D eigenvalue weighted by Crippen LogP contribution is -2.08. The fraction of sp³-hybridized carbons (Fsp3) is 0.0714. The first-order chi connectivity index (χ1) is 17.7. The van der Waals surface area contributed by atoms with Crippen molar-refractivity contribution in [3.63, 3.8) is 0 Å². The highest BCUT2D eigenvalue weighted by molar-refractivity contribution is 5.88. The van der Waals surface area contributed by atoms with E-state index >= 15 is 0 Å². The number of nitrogens with zero attached hydrogens (tertiary/aromatic N) is 2. The predicted octanol–water partition coefficient (Wildman–Crippen LogP) is 8.05. The van der Waals surface area contributed by atoms with Crippen LogP contribution in [0.3, 0.4) is 0 Å². The number of imidazole rings is 2. The molecule has 2 aromatic heterocycles. The highest BCUT2D eigenvalue weighted by Crippen LogP contribution is 2.35. The quantitative estimate of drug-likeness (QED) is 0.240. The molecule has 0 spiro atoms. The molecule has 6 rings (SSSR count). The summed E-state index contributed by atoms with van der Waals surface area (Å²) in [6.07, 6.45) is -4.81. The van der Waals surface area contributed by atoms with Gasteiger partial charge in [0.15, 0.2) is 0 Å². The van der Waals surface area contributed by atoms with Crippen molar-refractivity contribution in [3.05, 3.63) is 95.6 Å². The summed E-state index contributed by atoms with van der Waals surface area (Å²) in [5.41, 5.74) is 4.58. The highest BCUT2D eigenvalue weighted by atomic mass is 19.4. The van der Waals surface area contributed by atoms with E-state index in [0.717, 1.165) is 39.9 Å². The fourth-order valence-electron chi connectivity index (χ4n) is 4.33. The molecule has 37 heavy (non-hydrogen) atoms. The van der Waals surface area contributed by atoms with Gasteiger partial charge in [0.05, 0.1) is 27.6 Å². The van der Waals surface area contributed by atoms with E-state index in [9.17, 15) is 22.0 Å². The maximum atomic E-state index is 13.7. The molecular weight excluding hydrogens is 487 g/mol. The first-order valence-corrected chi connectivity index (χ1v) is 11.3. The van der Waals surface area contributed by atoms with Crippen LogP contribution in [0.4, 0.5) is 22.0 Å². The van der Waals surface area contributed by atoms with Crippen molar-refractivity contribution < 1.29 is 22.0 Å². The molecule has 0 amide bonds. The largest absolute Gasteiger partial charge is 0.419 e. The number of hydrogen-bond donors (Lipinski definition) is 2. The molecule has 0 unspecified atom stereocenters. The minimum Gasteiger partial charge on any atom is -0.338 e. The number of benzene rings is 4. The summed E-state index contributed by atoms with van der Waals surface area (Å²) in [6.45, 7) is 1.70. The van der Waals surface area contributed by atoms with E-state index in [0.29, 0.717) is 22.4 Å². The lowest BCUT2D eigenvalue weighted by Gasteiger charge is -2.08. The number of aromatic amines is 2. The Balaban J connectivity index is 1.36. The van der Waals surface area contributed by atoms with Gasteiger partial charge in [0, 0.05) is 11.1 Å². The molecular formula is C28H17F5N4. The van der Waals surface area contributed by atoms with Gasteiger partial charge in [0.2, 0.25) is 0 Å². The Morgan fingerprint density at radius 1 is 0.595 bits per heavy atom. The van der Waals surface area contributed by atoms with Crippen LogP contribution in [0, 0.1) is 18.6 Å². The van der Waals surface area contributed by atoms with Gasteiger partial charge in [-0.25, -0.2) is 18.7 Å². The van der Waals surface area contributed by atoms with Gasteiger partial charge in [-0.3, -0.25) is 0 Å². The summed E-state index contributed by atoms with van der Waals surface area (Å²) in [5, 5.41) is 0. The maximum absolute atomic E-state index is 13.7. The molecule has 0 radical (unpaired) electrons. The zero-order chi connectivity index (χ0) is 25.9. The van der Waals surface area contributed by atoms with Crippen LogP contribution in [0.2, 0.25) is 0 Å². The van der Waals surface area contributed by atoms with Gasteiger partial charge in [0.1, 0.15) is 23.3 Å². The fourth-order valence-corrected chi connectivity index (χ4v) is 4.33. The Kier molecular flexibility index (Phi) is 5.11. The first-order valence-electron chi connectivity index (χ1n) is 11.3. The van der Waals surface area contributed by atoms with Gasteiger partial charge in [-0.2, -0.15) is 13.2 Å². The van der Waals surface area contributed by atoms with E-state index in [4.69, 9.17) is 0 Å². The summed E-state index contributed by atoms with van der Waals surface area (Å²) in [7, 11) is 0. The third kappa shape index (κ3) is 4.12. The Morgan fingerprint density at radius 2 is 1.08 bits per heavy atom. The van der Waals surface area contributed by atoms with Crippen molar-refractivity contribution in [2.45, 2.75) is 13.1 Å². The second-order valence-electron chi connectivity index (χ2n) is 8.79. The molecule has 2 N–H and O–H groups in total. The predicted molar refractivity (Wildman–Crippen MR) is 132 cm³/mol. The zero-order valence-electron chi connectivity index (χ0n) is 19.2. The van der Waals surface area contributed by atoms with Gasteiger partial charge in [0.25, 0.3) is 0 Å². The van der Waals surface area contributed by atoms with Crippen LogP contribution >= 0.6 is 0 Å². The van der Waals surface area contributed by atoms with Crippen LogP contribution in [-0.2, 0) is 6.18 Å². The molecule has 0 aliphatic heterocycles. The van der Waals surface area contributed by atoms with Crippen molar-refractivity contribution in [2.75, 3.05) is 0 Å². The molecule has 0 saturated heterocycles. The number of aromatic nitrogens is 4. The van der Waals surface area contributed by atoms with E-state index in [-0.39, 0.29) is 17.2 Å². The Bertz CT molecular complexity index is 1810. The van der Waals surface area contributed by atoms with Crippen LogP contribution in [0.25, 0.3) is 56.0 Å². The van der Waals surface area contributed by atoms with Crippen molar-refractivity contribution >= 4 is 22.1 Å². The lowest BCUT2D eigenvalue weighted by atomic mass is 10.0. The maximum Gasteiger partial charge on any atom is 0.419 e. The second-order valence-corrected chi connectivity index (χ2v) is 8.79. The monoisotopic (exact) mass is 504 g/mol. The first kappa shape index (κ1) is 22.9. The average Bonchev–Trinajstić information content (AvgIpc) is 3.48. The van der Waals surface area contributed by atoms with Gasteiger partial charge in [-0.15, -0.1) is 0 Å². The van der Waals surface area contributed by atoms with Crippen molar-refractivity contribution in [2.24, 2.45) is 0 Å². The number of fused-ring (bicyclic) bond motifs is 2. The van der Waals surface area contributed by atoms with Crippen LogP contribution in [0.5, 0.6) is 0 Å². The van der Waals surface area contributed by atoms with Gasteiger partial charge < -0.3 is 9.97 Å². The van der Waals surface area contributed by atoms with E-state index in [1.807, 2.05) is 30.3 Å². The summed E-state index contributed by atoms with van der Waals surface area (Å²) in [5.74, 6) is -0.774. The number of hydrogen-bond acceptors (Lipinski definition) is 2. The Hall–Kier alpha value is -4.53. The summed E-state index contributed by atoms with van der Waals surface area (Å²) in [4.78, 5) is 15.3. The molecule has 9 heteroatoms. The molecule has 0 atom stereocenters. The SMILES string of the molecule is Cc1cc(-c2nc3ccc(-c4ccc5nc(-c6ccc(F)c(C(F)(F)F)c6)[nH]c5c4)cc3[nH]2)ccc1F. The molecule has 4 nitrogen and oxygen atoms in total. The summed E-state index contributed by atoms with van der Waals surface area (Å²) in [6, 6.07) is 18.8. The molecule has 0 bridgehead atoms. The van der Waals surface area contributed by atoms with Crippen LogP contribution in [0.15, 0.2) is 72.8 Å². The molecule has 4 aromatic carbocycles. The van der Waals surface area contributed by atoms with Crippen LogP contribution in [-0.4, -0.2) is 19.9 Å². The van der Waals surface area contributed by atoms with Gasteiger partial charge in [-0.1, -0.05) is 12.1 Å². The van der Waals surface area contributed by atoms with Crippen molar-refractivity contribution in [3.8, 4) is 33.9 Å². The van der Waals surface area contributed by atoms with Crippen molar-refractivity contribution in [1.29, 1.82) is 0 Å². The summed E-state index contributed by atoms with van der Waals surface area (Å²) >= 11 is 0. The number of halogens is 5. The van der Waals surface area contributed by atoms with E-state index in [1.165, 1.54) is 12.1 Å². The Labute approximate surface area is 206 Å². The molecule has 184 valence electrons.